The second-order valence-electron chi connectivity index (χ2n) is 6.07. The van der Waals surface area contributed by atoms with Crippen LogP contribution in [0.1, 0.15) is 35.0 Å². The first kappa shape index (κ1) is 14.7. The van der Waals surface area contributed by atoms with Gasteiger partial charge in [0, 0.05) is 24.8 Å². The van der Waals surface area contributed by atoms with Crippen molar-refractivity contribution in [2.24, 2.45) is 5.73 Å². The number of amides is 1. The minimum atomic E-state index is -0.439. The van der Waals surface area contributed by atoms with E-state index >= 15 is 0 Å². The molecule has 1 aliphatic heterocycles. The lowest BCUT2D eigenvalue weighted by atomic mass is 9.98. The van der Waals surface area contributed by atoms with E-state index in [1.165, 1.54) is 0 Å². The zero-order valence-corrected chi connectivity index (χ0v) is 13.2. The van der Waals surface area contributed by atoms with Gasteiger partial charge in [0.1, 0.15) is 11.3 Å². The number of rotatable bonds is 3. The average molecular weight is 322 g/mol. The Hall–Kier alpha value is -2.89. The van der Waals surface area contributed by atoms with E-state index in [1.807, 2.05) is 24.3 Å². The molecule has 1 fully saturated rings. The minimum absolute atomic E-state index is 0.213. The van der Waals surface area contributed by atoms with Crippen LogP contribution >= 0.6 is 0 Å². The first-order chi connectivity index (χ1) is 11.7. The molecule has 24 heavy (non-hydrogen) atoms. The summed E-state index contributed by atoms with van der Waals surface area (Å²) >= 11 is 0. The Morgan fingerprint density at radius 1 is 1.29 bits per heavy atom. The van der Waals surface area contributed by atoms with Crippen molar-refractivity contribution in [2.45, 2.75) is 18.8 Å². The standard InChI is InChI=1S/C18H18N4O2/c19-17(23)12-7-8-20-16(10-12)22-9-3-4-13(11-22)18-21-14-5-1-2-6-15(14)24-18/h1-2,5-8,10,13H,3-4,9,11H2,(H2,19,23)/t13-/m1/s1. The fourth-order valence-electron chi connectivity index (χ4n) is 3.20. The van der Waals surface area contributed by atoms with Gasteiger partial charge in [0.25, 0.3) is 0 Å². The van der Waals surface area contributed by atoms with E-state index in [9.17, 15) is 4.79 Å². The molecule has 0 saturated carbocycles. The first-order valence-corrected chi connectivity index (χ1v) is 8.07. The summed E-state index contributed by atoms with van der Waals surface area (Å²) in [5.74, 6) is 1.32. The SMILES string of the molecule is NC(=O)c1ccnc(N2CCC[C@@H](c3nc4ccccc4o3)C2)c1. The van der Waals surface area contributed by atoms with Gasteiger partial charge in [0.05, 0.1) is 5.92 Å². The predicted octanol–water partition coefficient (Wildman–Crippen LogP) is 2.71. The van der Waals surface area contributed by atoms with Crippen LogP contribution in [0.2, 0.25) is 0 Å². The van der Waals surface area contributed by atoms with E-state index < -0.39 is 5.91 Å². The molecular formula is C18H18N4O2. The number of hydrogen-bond acceptors (Lipinski definition) is 5. The molecule has 3 heterocycles. The van der Waals surface area contributed by atoms with E-state index in [-0.39, 0.29) is 5.92 Å². The third kappa shape index (κ3) is 2.71. The number of carbonyl (C=O) groups excluding carboxylic acids is 1. The van der Waals surface area contributed by atoms with Crippen LogP contribution in [0.5, 0.6) is 0 Å². The molecule has 2 aromatic heterocycles. The number of carbonyl (C=O) groups is 1. The molecular weight excluding hydrogens is 304 g/mol. The number of pyridine rings is 1. The molecule has 4 rings (SSSR count). The van der Waals surface area contributed by atoms with Crippen molar-refractivity contribution < 1.29 is 9.21 Å². The van der Waals surface area contributed by atoms with Gasteiger partial charge in [-0.3, -0.25) is 4.79 Å². The van der Waals surface area contributed by atoms with Crippen LogP contribution in [0.25, 0.3) is 11.1 Å². The third-order valence-corrected chi connectivity index (χ3v) is 4.44. The van der Waals surface area contributed by atoms with Crippen LogP contribution in [0.15, 0.2) is 47.0 Å². The highest BCUT2D eigenvalue weighted by atomic mass is 16.3. The first-order valence-electron chi connectivity index (χ1n) is 8.07. The number of oxazole rings is 1. The van der Waals surface area contributed by atoms with E-state index in [4.69, 9.17) is 10.2 Å². The number of hydrogen-bond donors (Lipinski definition) is 1. The van der Waals surface area contributed by atoms with Crippen molar-refractivity contribution in [3.05, 3.63) is 54.0 Å². The smallest absolute Gasteiger partial charge is 0.248 e. The molecule has 3 aromatic rings. The summed E-state index contributed by atoms with van der Waals surface area (Å²) in [6, 6.07) is 11.2. The summed E-state index contributed by atoms with van der Waals surface area (Å²) in [5.41, 5.74) is 7.54. The molecule has 1 atom stereocenters. The van der Waals surface area contributed by atoms with Gasteiger partial charge in [-0.1, -0.05) is 12.1 Å². The fraction of sp³-hybridized carbons (Fsp3) is 0.278. The van der Waals surface area contributed by atoms with E-state index in [1.54, 1.807) is 18.3 Å². The van der Waals surface area contributed by atoms with Crippen LogP contribution in [-0.4, -0.2) is 29.0 Å². The number of piperidine rings is 1. The van der Waals surface area contributed by atoms with Gasteiger partial charge in [-0.25, -0.2) is 9.97 Å². The van der Waals surface area contributed by atoms with Crippen molar-refractivity contribution in [2.75, 3.05) is 18.0 Å². The average Bonchev–Trinajstić information content (AvgIpc) is 3.06. The largest absolute Gasteiger partial charge is 0.440 e. The molecule has 1 aromatic carbocycles. The van der Waals surface area contributed by atoms with Crippen molar-refractivity contribution in [3.8, 4) is 0 Å². The number of nitrogens with two attached hydrogens (primary N) is 1. The summed E-state index contributed by atoms with van der Waals surface area (Å²) in [5, 5.41) is 0. The molecule has 1 aliphatic rings. The summed E-state index contributed by atoms with van der Waals surface area (Å²) in [4.78, 5) is 22.5. The van der Waals surface area contributed by atoms with Gasteiger partial charge in [0.2, 0.25) is 5.91 Å². The van der Waals surface area contributed by atoms with Crippen molar-refractivity contribution in [1.82, 2.24) is 9.97 Å². The van der Waals surface area contributed by atoms with E-state index in [2.05, 4.69) is 14.9 Å². The molecule has 0 unspecified atom stereocenters. The van der Waals surface area contributed by atoms with E-state index in [0.29, 0.717) is 5.56 Å². The minimum Gasteiger partial charge on any atom is -0.440 e. The van der Waals surface area contributed by atoms with Gasteiger partial charge in [-0.2, -0.15) is 0 Å². The zero-order valence-electron chi connectivity index (χ0n) is 13.2. The van der Waals surface area contributed by atoms with Crippen LogP contribution in [0, 0.1) is 0 Å². The second kappa shape index (κ2) is 5.96. The molecule has 122 valence electrons. The molecule has 1 amide bonds. The molecule has 1 saturated heterocycles. The van der Waals surface area contributed by atoms with Gasteiger partial charge in [-0.05, 0) is 37.1 Å². The van der Waals surface area contributed by atoms with Crippen molar-refractivity contribution in [1.29, 1.82) is 0 Å². The van der Waals surface area contributed by atoms with Crippen LogP contribution in [0.4, 0.5) is 5.82 Å². The quantitative estimate of drug-likeness (QED) is 0.801. The van der Waals surface area contributed by atoms with Crippen molar-refractivity contribution >= 4 is 22.8 Å². The lowest BCUT2D eigenvalue weighted by Crippen LogP contribution is -2.35. The number of anilines is 1. The van der Waals surface area contributed by atoms with Crippen LogP contribution < -0.4 is 10.6 Å². The number of nitrogens with zero attached hydrogens (tertiary/aromatic N) is 3. The molecule has 6 nitrogen and oxygen atoms in total. The highest BCUT2D eigenvalue weighted by molar-refractivity contribution is 5.93. The molecule has 2 N–H and O–H groups in total. The maximum atomic E-state index is 11.4. The number of aromatic nitrogens is 2. The number of primary amides is 1. The number of benzene rings is 1. The lowest BCUT2D eigenvalue weighted by Gasteiger charge is -2.32. The molecule has 0 bridgehead atoms. The maximum absolute atomic E-state index is 11.4. The maximum Gasteiger partial charge on any atom is 0.248 e. The summed E-state index contributed by atoms with van der Waals surface area (Å²) < 4.78 is 5.92. The Kier molecular flexibility index (Phi) is 3.65. The zero-order chi connectivity index (χ0) is 16.5. The Morgan fingerprint density at radius 3 is 3.00 bits per heavy atom. The predicted molar refractivity (Wildman–Crippen MR) is 91.0 cm³/mol. The number of fused-ring (bicyclic) bond motifs is 1. The molecule has 6 heteroatoms. The summed E-state index contributed by atoms with van der Waals surface area (Å²) in [6.45, 7) is 1.66. The van der Waals surface area contributed by atoms with E-state index in [0.717, 1.165) is 48.7 Å². The van der Waals surface area contributed by atoms with Gasteiger partial charge >= 0.3 is 0 Å². The van der Waals surface area contributed by atoms with Crippen LogP contribution in [-0.2, 0) is 0 Å². The monoisotopic (exact) mass is 322 g/mol. The van der Waals surface area contributed by atoms with Gasteiger partial charge in [-0.15, -0.1) is 0 Å². The highest BCUT2D eigenvalue weighted by Crippen LogP contribution is 2.30. The molecule has 0 radical (unpaired) electrons. The highest BCUT2D eigenvalue weighted by Gasteiger charge is 2.26. The third-order valence-electron chi connectivity index (χ3n) is 4.44. The Morgan fingerprint density at radius 2 is 2.17 bits per heavy atom. The van der Waals surface area contributed by atoms with Crippen LogP contribution in [0.3, 0.4) is 0 Å². The van der Waals surface area contributed by atoms with Gasteiger partial charge in [0.15, 0.2) is 11.5 Å². The lowest BCUT2D eigenvalue weighted by molar-refractivity contribution is 0.1000. The molecule has 0 spiro atoms. The molecule has 0 aliphatic carbocycles. The summed E-state index contributed by atoms with van der Waals surface area (Å²) in [7, 11) is 0. The number of para-hydroxylation sites is 2. The summed E-state index contributed by atoms with van der Waals surface area (Å²) in [6.07, 6.45) is 3.67. The Bertz CT molecular complexity index is 856. The van der Waals surface area contributed by atoms with Crippen molar-refractivity contribution in [3.63, 3.8) is 0 Å². The normalized spacial score (nSPS) is 18.0. The Balaban J connectivity index is 1.59. The Labute approximate surface area is 139 Å². The topological polar surface area (TPSA) is 85.3 Å². The fourth-order valence-corrected chi connectivity index (χ4v) is 3.20. The second-order valence-corrected chi connectivity index (χ2v) is 6.07. The van der Waals surface area contributed by atoms with Gasteiger partial charge < -0.3 is 15.1 Å².